The molecule has 0 aliphatic carbocycles. The molecule has 1 fully saturated rings. The normalized spacial score (nSPS) is 14.3. The third kappa shape index (κ3) is 19.3. The van der Waals surface area contributed by atoms with Crippen LogP contribution in [0.2, 0.25) is 0 Å². The molecule has 1 aliphatic heterocycles. The number of halogens is 1. The number of aryl methyl sites for hydroxylation is 1. The first-order valence-corrected chi connectivity index (χ1v) is 25.6. The minimum atomic E-state index is -0.773. The molecule has 3 aromatic rings. The van der Waals surface area contributed by atoms with Crippen molar-refractivity contribution in [1.29, 1.82) is 0 Å². The van der Waals surface area contributed by atoms with Gasteiger partial charge in [0, 0.05) is 32.1 Å². The number of carbonyl (C=O) groups excluding carboxylic acids is 3. The highest BCUT2D eigenvalue weighted by molar-refractivity contribution is 6.17. The Kier molecular flexibility index (Phi) is 27.7. The molecular formula is C54H79ClN2O13. The second-order valence-corrected chi connectivity index (χ2v) is 17.5. The van der Waals surface area contributed by atoms with Gasteiger partial charge >= 0.3 is 5.97 Å². The van der Waals surface area contributed by atoms with Gasteiger partial charge in [-0.1, -0.05) is 44.4 Å². The minimum Gasteiger partial charge on any atom is -0.493 e. The molecule has 2 amide bonds. The molecule has 3 aromatic carbocycles. The van der Waals surface area contributed by atoms with Gasteiger partial charge in [-0.15, -0.1) is 11.6 Å². The van der Waals surface area contributed by atoms with Crippen molar-refractivity contribution >= 4 is 29.4 Å². The van der Waals surface area contributed by atoms with Crippen molar-refractivity contribution in [2.45, 2.75) is 115 Å². The smallest absolute Gasteiger partial charge is 0.329 e. The summed E-state index contributed by atoms with van der Waals surface area (Å²) in [7, 11) is 7.80. The molecule has 1 N–H and O–H groups in total. The lowest BCUT2D eigenvalue weighted by Crippen LogP contribution is -2.50. The molecular weight excluding hydrogens is 920 g/mol. The van der Waals surface area contributed by atoms with E-state index in [0.29, 0.717) is 118 Å². The number of hydrogen-bond acceptors (Lipinski definition) is 13. The van der Waals surface area contributed by atoms with Gasteiger partial charge in [0.25, 0.3) is 0 Å². The summed E-state index contributed by atoms with van der Waals surface area (Å²) < 4.78 is 57.1. The van der Waals surface area contributed by atoms with Crippen LogP contribution in [0.3, 0.4) is 0 Å². The molecule has 0 spiro atoms. The van der Waals surface area contributed by atoms with Gasteiger partial charge in [-0.3, -0.25) is 9.59 Å². The number of nitrogens with one attached hydrogen (secondary N) is 1. The van der Waals surface area contributed by atoms with Crippen molar-refractivity contribution in [2.24, 2.45) is 0 Å². The number of piperidine rings is 1. The van der Waals surface area contributed by atoms with Crippen LogP contribution in [0.5, 0.6) is 34.5 Å². The molecule has 390 valence electrons. The zero-order chi connectivity index (χ0) is 50.4. The molecule has 0 saturated carbocycles. The second kappa shape index (κ2) is 33.6. The fourth-order valence-corrected chi connectivity index (χ4v) is 8.64. The van der Waals surface area contributed by atoms with Gasteiger partial charge in [0.05, 0.1) is 74.4 Å². The summed E-state index contributed by atoms with van der Waals surface area (Å²) in [6.07, 6.45) is 10.2. The maximum atomic E-state index is 14.5. The number of methoxy groups -OCH3 is 5. The van der Waals surface area contributed by atoms with E-state index in [1.807, 2.05) is 49.4 Å². The van der Waals surface area contributed by atoms with Crippen molar-refractivity contribution in [3.8, 4) is 34.5 Å². The average molecular weight is 1000 g/mol. The van der Waals surface area contributed by atoms with Crippen LogP contribution in [0.25, 0.3) is 0 Å². The van der Waals surface area contributed by atoms with Crippen molar-refractivity contribution in [2.75, 3.05) is 101 Å². The number of benzene rings is 3. The van der Waals surface area contributed by atoms with E-state index in [4.69, 9.17) is 59.0 Å². The van der Waals surface area contributed by atoms with Crippen LogP contribution < -0.4 is 33.7 Å². The maximum Gasteiger partial charge on any atom is 0.329 e. The SMILES string of the molecule is CC[C@H](C(=O)N1CCCC[C@H]1C(=O)O[C@H](CCc1ccc(OC)c(OC)c1)c1cccc(OCCNC(=O)CCCCCOCCOCCOCCCCCCCl)c1)c1cc(OC)c(OC)c(OC)c1. The Morgan fingerprint density at radius 1 is 0.686 bits per heavy atom. The van der Waals surface area contributed by atoms with Crippen LogP contribution in [0.1, 0.15) is 119 Å². The molecule has 1 saturated heterocycles. The number of alkyl halides is 1. The van der Waals surface area contributed by atoms with Crippen LogP contribution in [0, 0.1) is 0 Å². The Labute approximate surface area is 421 Å². The first kappa shape index (κ1) is 57.6. The van der Waals surface area contributed by atoms with E-state index in [2.05, 4.69) is 5.32 Å². The topological polar surface area (TPSA) is 159 Å². The summed E-state index contributed by atoms with van der Waals surface area (Å²) in [5, 5.41) is 2.95. The van der Waals surface area contributed by atoms with Crippen LogP contribution >= 0.6 is 11.6 Å². The standard InChI is InChI=1S/C54H79ClN2O13/c1-7-44(42-38-49(63-4)52(65-6)50(39-42)64-5)53(59)57-28-14-12-20-45(57)54(60)70-46(24-22-40-23-25-47(61-2)48(36-40)62-3)41-18-17-19-43(37-41)69-31-27-56-51(58)21-11-10-16-30-67-33-35-68-34-32-66-29-15-9-8-13-26-55/h17-19,23,25,36-39,44-46H,7-16,20-22,24,26-35H2,1-6H3,(H,56,58)/t44-,45-,46+/m0/s1. The van der Waals surface area contributed by atoms with Gasteiger partial charge in [-0.2, -0.15) is 0 Å². The predicted octanol–water partition coefficient (Wildman–Crippen LogP) is 9.43. The van der Waals surface area contributed by atoms with Crippen LogP contribution in [-0.2, 0) is 39.8 Å². The molecule has 1 aliphatic rings. The lowest BCUT2D eigenvalue weighted by Gasteiger charge is -2.37. The highest BCUT2D eigenvalue weighted by Crippen LogP contribution is 2.42. The summed E-state index contributed by atoms with van der Waals surface area (Å²) >= 11 is 5.70. The van der Waals surface area contributed by atoms with Crippen molar-refractivity contribution in [3.63, 3.8) is 0 Å². The molecule has 0 bridgehead atoms. The van der Waals surface area contributed by atoms with E-state index < -0.39 is 24.0 Å². The highest BCUT2D eigenvalue weighted by Gasteiger charge is 2.38. The molecule has 15 nitrogen and oxygen atoms in total. The van der Waals surface area contributed by atoms with Crippen LogP contribution in [0.4, 0.5) is 0 Å². The molecule has 0 unspecified atom stereocenters. The maximum absolute atomic E-state index is 14.5. The summed E-state index contributed by atoms with van der Waals surface area (Å²) in [4.78, 5) is 43.2. The van der Waals surface area contributed by atoms with E-state index in [1.165, 1.54) is 7.11 Å². The molecule has 3 atom stereocenters. The summed E-state index contributed by atoms with van der Waals surface area (Å²) in [5.74, 6) is 2.63. The van der Waals surface area contributed by atoms with Gasteiger partial charge in [0.2, 0.25) is 17.6 Å². The van der Waals surface area contributed by atoms with Crippen LogP contribution in [-0.4, -0.2) is 129 Å². The molecule has 4 rings (SSSR count). The molecule has 0 radical (unpaired) electrons. The van der Waals surface area contributed by atoms with Gasteiger partial charge in [-0.25, -0.2) is 4.79 Å². The lowest BCUT2D eigenvalue weighted by molar-refractivity contribution is -0.162. The van der Waals surface area contributed by atoms with E-state index in [-0.39, 0.29) is 18.4 Å². The summed E-state index contributed by atoms with van der Waals surface area (Å²) in [6.45, 7) is 6.57. The number of ether oxygens (including phenoxy) is 10. The Bertz CT molecular complexity index is 1960. The summed E-state index contributed by atoms with van der Waals surface area (Å²) in [6, 6.07) is 16.0. The zero-order valence-electron chi connectivity index (χ0n) is 42.5. The second-order valence-electron chi connectivity index (χ2n) is 17.1. The van der Waals surface area contributed by atoms with Gasteiger partial charge < -0.3 is 57.6 Å². The van der Waals surface area contributed by atoms with Gasteiger partial charge in [-0.05, 0) is 117 Å². The van der Waals surface area contributed by atoms with E-state index in [0.717, 1.165) is 81.4 Å². The fraction of sp³-hybridized carbons (Fsp3) is 0.611. The van der Waals surface area contributed by atoms with Crippen molar-refractivity contribution < 1.29 is 61.8 Å². The largest absolute Gasteiger partial charge is 0.493 e. The Hall–Kier alpha value is -4.96. The fourth-order valence-electron chi connectivity index (χ4n) is 8.46. The monoisotopic (exact) mass is 999 g/mol. The Morgan fingerprint density at radius 2 is 1.34 bits per heavy atom. The Morgan fingerprint density at radius 3 is 1.99 bits per heavy atom. The quantitative estimate of drug-likeness (QED) is 0.0334. The first-order valence-electron chi connectivity index (χ1n) is 25.0. The number of likely N-dealkylation sites (tertiary alicyclic amines) is 1. The number of amides is 2. The zero-order valence-corrected chi connectivity index (χ0v) is 43.3. The number of rotatable bonds is 36. The molecule has 16 heteroatoms. The minimum absolute atomic E-state index is 0.0322. The van der Waals surface area contributed by atoms with Crippen LogP contribution in [0.15, 0.2) is 54.6 Å². The van der Waals surface area contributed by atoms with Crippen molar-refractivity contribution in [1.82, 2.24) is 10.2 Å². The Balaban J connectivity index is 1.30. The highest BCUT2D eigenvalue weighted by atomic mass is 35.5. The van der Waals surface area contributed by atoms with Gasteiger partial charge in [0.1, 0.15) is 24.5 Å². The number of carbonyl (C=O) groups is 3. The number of unbranched alkanes of at least 4 members (excludes halogenated alkanes) is 5. The van der Waals surface area contributed by atoms with Gasteiger partial charge in [0.15, 0.2) is 23.0 Å². The van der Waals surface area contributed by atoms with Crippen molar-refractivity contribution in [3.05, 3.63) is 71.3 Å². The number of esters is 1. The van der Waals surface area contributed by atoms with E-state index >= 15 is 0 Å². The third-order valence-corrected chi connectivity index (χ3v) is 12.6. The number of hydrogen-bond donors (Lipinski definition) is 1. The first-order chi connectivity index (χ1) is 34.2. The van der Waals surface area contributed by atoms with E-state index in [9.17, 15) is 14.4 Å². The lowest BCUT2D eigenvalue weighted by atomic mass is 9.91. The molecule has 0 aromatic heterocycles. The average Bonchev–Trinajstić information content (AvgIpc) is 3.39. The molecule has 1 heterocycles. The molecule has 70 heavy (non-hydrogen) atoms. The number of nitrogens with zero attached hydrogens (tertiary/aromatic N) is 1. The van der Waals surface area contributed by atoms with E-state index in [1.54, 1.807) is 45.5 Å². The predicted molar refractivity (Wildman–Crippen MR) is 270 cm³/mol. The summed E-state index contributed by atoms with van der Waals surface area (Å²) in [5.41, 5.74) is 2.42. The third-order valence-electron chi connectivity index (χ3n) is 12.3.